The summed E-state index contributed by atoms with van der Waals surface area (Å²) in [6.45, 7) is 5.31. The molecule has 0 bridgehead atoms. The van der Waals surface area contributed by atoms with Gasteiger partial charge in [0.05, 0.1) is 5.60 Å². The molecule has 0 aliphatic carbocycles. The van der Waals surface area contributed by atoms with Gasteiger partial charge in [0.25, 0.3) is 0 Å². The van der Waals surface area contributed by atoms with E-state index in [1.807, 2.05) is 0 Å². The average molecular weight is 328 g/mol. The van der Waals surface area contributed by atoms with Gasteiger partial charge in [-0.15, -0.1) is 0 Å². The molecule has 0 aromatic heterocycles. The molecule has 0 saturated heterocycles. The molecule has 7 heteroatoms. The van der Waals surface area contributed by atoms with Crippen LogP contribution in [0.1, 0.15) is 20.8 Å². The topological polar surface area (TPSA) is 29.5 Å². The first-order valence-electron chi connectivity index (χ1n) is 2.50. The van der Waals surface area contributed by atoms with Crippen LogP contribution >= 0.6 is 37.7 Å². The minimum atomic E-state index is -3.13. The maximum absolute atomic E-state index is 7.90. The summed E-state index contributed by atoms with van der Waals surface area (Å²) in [6.07, 6.45) is 0. The summed E-state index contributed by atoms with van der Waals surface area (Å²) in [7, 11) is 20.1. The molecule has 0 spiro atoms. The van der Waals surface area contributed by atoms with Crippen LogP contribution in [-0.2, 0) is 16.8 Å². The SMILES string of the molecule is CC(C)(C)OO.[Cl][Mo]([Cl])([Cl])[Cl]. The zero-order valence-corrected chi connectivity index (χ0v) is 11.3. The zero-order valence-electron chi connectivity index (χ0n) is 6.28. The number of rotatable bonds is 0. The Morgan fingerprint density at radius 1 is 1.09 bits per heavy atom. The molecule has 72 valence electrons. The molecular weight excluding hydrogens is 318 g/mol. The Labute approximate surface area is 85.5 Å². The molecule has 0 rings (SSSR count). The quantitative estimate of drug-likeness (QED) is 0.413. The number of hydrogen-bond acceptors (Lipinski definition) is 2. The summed E-state index contributed by atoms with van der Waals surface area (Å²) in [5.41, 5.74) is -0.403. The molecule has 0 fully saturated rings. The molecule has 0 radical (unpaired) electrons. The fraction of sp³-hybridized carbons (Fsp3) is 1.00. The van der Waals surface area contributed by atoms with Gasteiger partial charge in [-0.05, 0) is 20.8 Å². The summed E-state index contributed by atoms with van der Waals surface area (Å²) in [5, 5.41) is 7.90. The predicted octanol–water partition coefficient (Wildman–Crippen LogP) is 4.03. The molecule has 0 saturated carbocycles. The van der Waals surface area contributed by atoms with E-state index in [-0.39, 0.29) is 0 Å². The van der Waals surface area contributed by atoms with Crippen LogP contribution < -0.4 is 0 Å². The summed E-state index contributed by atoms with van der Waals surface area (Å²) in [6, 6.07) is 0. The van der Waals surface area contributed by atoms with Crippen LogP contribution in [0.25, 0.3) is 0 Å². The second-order valence-corrected chi connectivity index (χ2v) is 20.8. The maximum atomic E-state index is 7.90. The first kappa shape index (κ1) is 15.2. The van der Waals surface area contributed by atoms with Crippen LogP contribution in [0.3, 0.4) is 0 Å². The van der Waals surface area contributed by atoms with E-state index >= 15 is 0 Å². The van der Waals surface area contributed by atoms with Gasteiger partial charge in [-0.1, -0.05) is 0 Å². The van der Waals surface area contributed by atoms with E-state index in [0.29, 0.717) is 0 Å². The Kier molecular flexibility index (Phi) is 8.67. The van der Waals surface area contributed by atoms with Crippen molar-refractivity contribution in [1.29, 1.82) is 0 Å². The molecule has 0 heterocycles. The van der Waals surface area contributed by atoms with Crippen molar-refractivity contribution in [3.05, 3.63) is 0 Å². The second kappa shape index (κ2) is 6.26. The van der Waals surface area contributed by atoms with Gasteiger partial charge in [0, 0.05) is 0 Å². The molecule has 0 unspecified atom stereocenters. The Morgan fingerprint density at radius 3 is 1.18 bits per heavy atom. The molecule has 0 atom stereocenters. The third-order valence-corrected chi connectivity index (χ3v) is 0.274. The molecule has 1 N–H and O–H groups in total. The number of halogens is 4. The molecule has 0 aromatic carbocycles. The van der Waals surface area contributed by atoms with Crippen molar-refractivity contribution >= 4 is 37.7 Å². The van der Waals surface area contributed by atoms with Gasteiger partial charge in [0.2, 0.25) is 0 Å². The predicted molar refractivity (Wildman–Crippen MR) is 46.9 cm³/mol. The Bertz CT molecular complexity index is 91.2. The molecule has 2 nitrogen and oxygen atoms in total. The van der Waals surface area contributed by atoms with Gasteiger partial charge in [-0.3, -0.25) is 5.26 Å². The standard InChI is InChI=1S/C4H10O2.4ClH.Mo/c1-4(2,3)6-5;;;;;/h5H,1-3H3;4*1H;/q;;;;;+4/p-4. The summed E-state index contributed by atoms with van der Waals surface area (Å²) in [4.78, 5) is 3.94. The van der Waals surface area contributed by atoms with Gasteiger partial charge in [0.1, 0.15) is 0 Å². The van der Waals surface area contributed by atoms with E-state index < -0.39 is 17.5 Å². The van der Waals surface area contributed by atoms with Crippen LogP contribution in [0.5, 0.6) is 0 Å². The van der Waals surface area contributed by atoms with Gasteiger partial charge in [0.15, 0.2) is 0 Å². The monoisotopic (exact) mass is 328 g/mol. The molecule has 0 aromatic rings. The molecule has 0 amide bonds. The summed E-state index contributed by atoms with van der Waals surface area (Å²) in [5.74, 6) is 0. The second-order valence-electron chi connectivity index (χ2n) is 2.55. The normalized spacial score (nSPS) is 13.5. The van der Waals surface area contributed by atoms with E-state index in [1.54, 1.807) is 20.8 Å². The molecule has 11 heavy (non-hydrogen) atoms. The van der Waals surface area contributed by atoms with Crippen molar-refractivity contribution in [1.82, 2.24) is 0 Å². The molecule has 0 aliphatic rings. The van der Waals surface area contributed by atoms with Gasteiger partial charge < -0.3 is 0 Å². The van der Waals surface area contributed by atoms with Crippen LogP contribution in [0, 0.1) is 0 Å². The molecular formula is C4H10Cl4MoO2. The fourth-order valence-electron chi connectivity index (χ4n) is 0. The first-order valence-corrected chi connectivity index (χ1v) is 12.8. The Hall–Kier alpha value is 1.77. The summed E-state index contributed by atoms with van der Waals surface area (Å²) >= 11 is -3.13. The van der Waals surface area contributed by atoms with E-state index in [9.17, 15) is 0 Å². The van der Waals surface area contributed by atoms with E-state index in [0.717, 1.165) is 0 Å². The Morgan fingerprint density at radius 2 is 1.18 bits per heavy atom. The van der Waals surface area contributed by atoms with Crippen molar-refractivity contribution in [2.75, 3.05) is 0 Å². The van der Waals surface area contributed by atoms with E-state index in [4.69, 9.17) is 42.9 Å². The van der Waals surface area contributed by atoms with E-state index in [1.165, 1.54) is 0 Å². The van der Waals surface area contributed by atoms with Crippen molar-refractivity contribution in [2.24, 2.45) is 0 Å². The van der Waals surface area contributed by atoms with E-state index in [2.05, 4.69) is 4.89 Å². The van der Waals surface area contributed by atoms with Gasteiger partial charge >= 0.3 is 49.6 Å². The van der Waals surface area contributed by atoms with Crippen LogP contribution in [-0.4, -0.2) is 10.9 Å². The number of hydrogen-bond donors (Lipinski definition) is 1. The third-order valence-electron chi connectivity index (χ3n) is 0.274. The average Bonchev–Trinajstić information content (AvgIpc) is 1.59. The van der Waals surface area contributed by atoms with Gasteiger partial charge in [-0.2, -0.15) is 0 Å². The van der Waals surface area contributed by atoms with Crippen LogP contribution in [0.15, 0.2) is 0 Å². The zero-order chi connectivity index (χ0) is 9.71. The molecule has 0 aliphatic heterocycles. The fourth-order valence-corrected chi connectivity index (χ4v) is 0. The van der Waals surface area contributed by atoms with Crippen molar-refractivity contribution in [2.45, 2.75) is 26.4 Å². The van der Waals surface area contributed by atoms with Gasteiger partial charge in [-0.25, -0.2) is 4.89 Å². The van der Waals surface area contributed by atoms with Crippen molar-refractivity contribution < 1.29 is 22.0 Å². The van der Waals surface area contributed by atoms with Crippen molar-refractivity contribution in [3.63, 3.8) is 0 Å². The summed E-state index contributed by atoms with van der Waals surface area (Å²) < 4.78 is 0. The van der Waals surface area contributed by atoms with Crippen molar-refractivity contribution in [3.8, 4) is 0 Å². The Balaban J connectivity index is 0. The third kappa shape index (κ3) is 49.4. The van der Waals surface area contributed by atoms with Crippen LogP contribution in [0.2, 0.25) is 0 Å². The minimum absolute atomic E-state index is 0.403. The first-order chi connectivity index (χ1) is 4.56. The van der Waals surface area contributed by atoms with Crippen LogP contribution in [0.4, 0.5) is 0 Å².